The highest BCUT2D eigenvalue weighted by Gasteiger charge is 2.51. The van der Waals surface area contributed by atoms with Gasteiger partial charge in [0.25, 0.3) is 6.29 Å². The summed E-state index contributed by atoms with van der Waals surface area (Å²) in [6, 6.07) is 15.7. The number of para-hydroxylation sites is 1. The third-order valence-electron chi connectivity index (χ3n) is 8.32. The second-order valence-electron chi connectivity index (χ2n) is 9.85. The number of nitrogens with zero attached hydrogens (tertiary/aromatic N) is 2. The van der Waals surface area contributed by atoms with Gasteiger partial charge in [-0.05, 0) is 56.0 Å². The van der Waals surface area contributed by atoms with Crippen molar-refractivity contribution in [1.82, 2.24) is 9.47 Å². The van der Waals surface area contributed by atoms with Crippen molar-refractivity contribution in [1.29, 1.82) is 0 Å². The predicted octanol–water partition coefficient (Wildman–Crippen LogP) is 5.00. The van der Waals surface area contributed by atoms with Gasteiger partial charge in [0.15, 0.2) is 0 Å². The van der Waals surface area contributed by atoms with Crippen molar-refractivity contribution in [3.05, 3.63) is 77.0 Å². The summed E-state index contributed by atoms with van der Waals surface area (Å²) >= 11 is 0. The molecule has 3 atom stereocenters. The summed E-state index contributed by atoms with van der Waals surface area (Å²) in [4.78, 5) is 28.7. The Morgan fingerprint density at radius 2 is 1.97 bits per heavy atom. The van der Waals surface area contributed by atoms with Crippen LogP contribution in [-0.2, 0) is 20.7 Å². The zero-order chi connectivity index (χ0) is 23.0. The summed E-state index contributed by atoms with van der Waals surface area (Å²) in [5.74, 6) is -0.908. The largest absolute Gasteiger partial charge is 0.417 e. The van der Waals surface area contributed by atoms with E-state index in [-0.39, 0.29) is 11.5 Å². The van der Waals surface area contributed by atoms with Gasteiger partial charge in [-0.3, -0.25) is 4.90 Å². The van der Waals surface area contributed by atoms with Crippen LogP contribution in [-0.4, -0.2) is 34.5 Å². The van der Waals surface area contributed by atoms with Gasteiger partial charge in [0.05, 0.1) is 17.1 Å². The molecular weight excluding hydrogens is 428 g/mol. The van der Waals surface area contributed by atoms with Crippen LogP contribution in [0.15, 0.2) is 54.6 Å². The van der Waals surface area contributed by atoms with E-state index in [9.17, 15) is 9.59 Å². The first-order chi connectivity index (χ1) is 16.6. The Labute approximate surface area is 197 Å². The van der Waals surface area contributed by atoms with Crippen LogP contribution in [0.25, 0.3) is 16.6 Å². The molecule has 7 rings (SSSR count). The van der Waals surface area contributed by atoms with Crippen LogP contribution >= 0.6 is 0 Å². The SMILES string of the molecule is CC[C@@]12C=C(C(=O)O[C@H]3OC(=O)c4ccccc43)n3c4c(c5ccccc53)CCN(CCC1)[C@H]42. The highest BCUT2D eigenvalue weighted by Crippen LogP contribution is 2.57. The summed E-state index contributed by atoms with van der Waals surface area (Å²) in [6.45, 7) is 4.37. The minimum Gasteiger partial charge on any atom is -0.417 e. The topological polar surface area (TPSA) is 60.8 Å². The van der Waals surface area contributed by atoms with E-state index in [0.717, 1.165) is 44.3 Å². The highest BCUT2D eigenvalue weighted by atomic mass is 16.7. The first-order valence-electron chi connectivity index (χ1n) is 12.2. The van der Waals surface area contributed by atoms with Crippen molar-refractivity contribution >= 4 is 28.5 Å². The number of aromatic nitrogens is 1. The molecule has 0 N–H and O–H groups in total. The molecule has 0 unspecified atom stereocenters. The van der Waals surface area contributed by atoms with Gasteiger partial charge in [0, 0.05) is 28.6 Å². The monoisotopic (exact) mass is 454 g/mol. The van der Waals surface area contributed by atoms with Crippen LogP contribution < -0.4 is 0 Å². The van der Waals surface area contributed by atoms with Crippen LogP contribution in [0.1, 0.15) is 65.7 Å². The van der Waals surface area contributed by atoms with Gasteiger partial charge in [0.2, 0.25) is 0 Å². The number of esters is 2. The number of hydrogen-bond donors (Lipinski definition) is 0. The molecule has 0 aliphatic carbocycles. The van der Waals surface area contributed by atoms with Crippen LogP contribution in [0.3, 0.4) is 0 Å². The lowest BCUT2D eigenvalue weighted by Crippen LogP contribution is -2.51. The molecule has 34 heavy (non-hydrogen) atoms. The molecule has 5 heterocycles. The van der Waals surface area contributed by atoms with E-state index in [1.54, 1.807) is 18.2 Å². The molecule has 6 heteroatoms. The van der Waals surface area contributed by atoms with Crippen molar-refractivity contribution in [2.75, 3.05) is 13.1 Å². The maximum atomic E-state index is 13.8. The van der Waals surface area contributed by atoms with Crippen LogP contribution in [0, 0.1) is 5.41 Å². The molecule has 0 radical (unpaired) electrons. The number of rotatable bonds is 3. The maximum absolute atomic E-state index is 13.8. The fourth-order valence-electron chi connectivity index (χ4n) is 6.79. The minimum atomic E-state index is -1.02. The van der Waals surface area contributed by atoms with Crippen molar-refractivity contribution in [2.45, 2.75) is 44.9 Å². The molecule has 1 aromatic heterocycles. The Kier molecular flexibility index (Phi) is 4.16. The molecule has 1 saturated heterocycles. The number of cyclic esters (lactones) is 1. The first kappa shape index (κ1) is 20.0. The minimum absolute atomic E-state index is 0.115. The molecule has 4 aliphatic heterocycles. The van der Waals surface area contributed by atoms with Crippen molar-refractivity contribution in [3.63, 3.8) is 0 Å². The number of fused-ring (bicyclic) bond motifs is 4. The second kappa shape index (κ2) is 7.06. The molecule has 0 spiro atoms. The van der Waals surface area contributed by atoms with E-state index in [2.05, 4.69) is 40.7 Å². The van der Waals surface area contributed by atoms with Gasteiger partial charge < -0.3 is 14.0 Å². The van der Waals surface area contributed by atoms with E-state index in [0.29, 0.717) is 16.8 Å². The highest BCUT2D eigenvalue weighted by molar-refractivity contribution is 6.13. The number of ether oxygens (including phenoxy) is 2. The lowest BCUT2D eigenvalue weighted by molar-refractivity contribution is -0.161. The maximum Gasteiger partial charge on any atom is 0.358 e. The van der Waals surface area contributed by atoms with Gasteiger partial charge in [0.1, 0.15) is 5.70 Å². The van der Waals surface area contributed by atoms with E-state index >= 15 is 0 Å². The quantitative estimate of drug-likeness (QED) is 0.522. The summed E-state index contributed by atoms with van der Waals surface area (Å²) in [7, 11) is 0. The molecule has 3 aromatic rings. The lowest BCUT2D eigenvalue weighted by Gasteiger charge is -2.53. The Bertz CT molecular complexity index is 1400. The fraction of sp³-hybridized carbons (Fsp3) is 0.357. The van der Waals surface area contributed by atoms with E-state index in [1.807, 2.05) is 12.1 Å². The predicted molar refractivity (Wildman–Crippen MR) is 127 cm³/mol. The molecule has 172 valence electrons. The summed E-state index contributed by atoms with van der Waals surface area (Å²) < 4.78 is 13.5. The Morgan fingerprint density at radius 3 is 2.85 bits per heavy atom. The zero-order valence-electron chi connectivity index (χ0n) is 19.1. The van der Waals surface area contributed by atoms with E-state index in [1.165, 1.54) is 16.6 Å². The van der Waals surface area contributed by atoms with Crippen molar-refractivity contribution in [3.8, 4) is 0 Å². The molecule has 4 aliphatic rings. The van der Waals surface area contributed by atoms with E-state index in [4.69, 9.17) is 9.47 Å². The summed E-state index contributed by atoms with van der Waals surface area (Å²) in [5.41, 5.74) is 5.12. The fourth-order valence-corrected chi connectivity index (χ4v) is 6.79. The normalized spacial score (nSPS) is 27.1. The number of carbonyl (C=O) groups is 2. The van der Waals surface area contributed by atoms with Crippen molar-refractivity contribution < 1.29 is 19.1 Å². The number of hydrogen-bond acceptors (Lipinski definition) is 5. The average Bonchev–Trinajstić information content (AvgIpc) is 3.38. The van der Waals surface area contributed by atoms with Gasteiger partial charge in [-0.25, -0.2) is 9.59 Å². The standard InChI is InChI=1S/C28H26N2O4/c1-2-28-13-7-14-29-15-12-18-17-8-5-6-11-21(17)30(23(18)24(28)29)22(16-28)26(32)34-27-20-10-4-3-9-19(20)25(31)33-27/h3-6,8-11,16,24,27H,2,7,12-15H2,1H3/t24-,27-,28+/m1/s1. The van der Waals surface area contributed by atoms with E-state index < -0.39 is 18.2 Å². The smallest absolute Gasteiger partial charge is 0.358 e. The van der Waals surface area contributed by atoms with Crippen LogP contribution in [0.5, 0.6) is 0 Å². The molecule has 1 fully saturated rings. The van der Waals surface area contributed by atoms with Crippen LogP contribution in [0.2, 0.25) is 0 Å². The Balaban J connectivity index is 1.39. The summed E-state index contributed by atoms with van der Waals surface area (Å²) in [6.07, 6.45) is 5.25. The van der Waals surface area contributed by atoms with Crippen LogP contribution in [0.4, 0.5) is 0 Å². The third-order valence-corrected chi connectivity index (χ3v) is 8.32. The summed E-state index contributed by atoms with van der Waals surface area (Å²) in [5, 5.41) is 1.21. The number of piperidine rings is 1. The lowest BCUT2D eigenvalue weighted by atomic mass is 9.66. The Hall–Kier alpha value is -3.38. The third kappa shape index (κ3) is 2.55. The molecule has 0 saturated carbocycles. The van der Waals surface area contributed by atoms with Crippen molar-refractivity contribution in [2.24, 2.45) is 5.41 Å². The average molecular weight is 455 g/mol. The van der Waals surface area contributed by atoms with Gasteiger partial charge in [-0.2, -0.15) is 0 Å². The molecule has 6 nitrogen and oxygen atoms in total. The molecule has 2 aromatic carbocycles. The van der Waals surface area contributed by atoms with Gasteiger partial charge >= 0.3 is 11.9 Å². The molecular formula is C28H26N2O4. The number of benzene rings is 2. The van der Waals surface area contributed by atoms with Gasteiger partial charge in [-0.15, -0.1) is 0 Å². The Morgan fingerprint density at radius 1 is 1.15 bits per heavy atom. The second-order valence-corrected chi connectivity index (χ2v) is 9.85. The molecule has 0 bridgehead atoms. The first-order valence-corrected chi connectivity index (χ1v) is 12.2. The molecule has 0 amide bonds. The number of carbonyl (C=O) groups excluding carboxylic acids is 2. The zero-order valence-corrected chi connectivity index (χ0v) is 19.1. The van der Waals surface area contributed by atoms with Gasteiger partial charge in [-0.1, -0.05) is 43.3 Å².